The quantitative estimate of drug-likeness (QED) is 0.724. The summed E-state index contributed by atoms with van der Waals surface area (Å²) in [6.07, 6.45) is 0.712. The lowest BCUT2D eigenvalue weighted by molar-refractivity contribution is 0.219. The van der Waals surface area contributed by atoms with E-state index in [9.17, 15) is 9.90 Å². The molecule has 1 aromatic carbocycles. The Balaban J connectivity index is 2.05. The van der Waals surface area contributed by atoms with Crippen LogP contribution in [0, 0.1) is 6.92 Å². The van der Waals surface area contributed by atoms with Gasteiger partial charge < -0.3 is 13.9 Å². The Bertz CT molecular complexity index is 750. The number of nitrogens with one attached hydrogen (secondary N) is 1. The third-order valence-corrected chi connectivity index (χ3v) is 2.83. The molecule has 0 amide bonds. The van der Waals surface area contributed by atoms with Crippen molar-refractivity contribution >= 4 is 11.1 Å². The molecule has 2 heterocycles. The van der Waals surface area contributed by atoms with Crippen molar-refractivity contribution in [1.29, 1.82) is 0 Å². The van der Waals surface area contributed by atoms with Crippen LogP contribution in [0.25, 0.3) is 11.1 Å². The monoisotopic (exact) mass is 245 g/mol. The van der Waals surface area contributed by atoms with E-state index in [1.54, 1.807) is 24.3 Å². The Morgan fingerprint density at radius 3 is 2.83 bits per heavy atom. The molecule has 0 aliphatic heterocycles. The van der Waals surface area contributed by atoms with E-state index in [4.69, 9.17) is 8.83 Å². The van der Waals surface area contributed by atoms with Crippen LogP contribution >= 0.6 is 0 Å². The number of fused-ring (bicyclic) bond motifs is 1. The highest BCUT2D eigenvalue weighted by molar-refractivity contribution is 5.73. The predicted molar refractivity (Wildman–Crippen MR) is 64.3 cm³/mol. The van der Waals surface area contributed by atoms with Crippen molar-refractivity contribution in [3.63, 3.8) is 0 Å². The maximum absolute atomic E-state index is 11.0. The maximum atomic E-state index is 11.0. The molecule has 0 bridgehead atoms. The Labute approximate surface area is 102 Å². The number of aliphatic hydroxyl groups excluding tert-OH is 1. The first-order chi connectivity index (χ1) is 8.63. The first-order valence-electron chi connectivity index (χ1n) is 5.49. The fourth-order valence-corrected chi connectivity index (χ4v) is 1.93. The number of oxazole rings is 1. The van der Waals surface area contributed by atoms with E-state index < -0.39 is 11.9 Å². The Kier molecular flexibility index (Phi) is 2.34. The average molecular weight is 245 g/mol. The average Bonchev–Trinajstić information content (AvgIpc) is 2.92. The third-order valence-electron chi connectivity index (χ3n) is 2.83. The number of benzene rings is 1. The van der Waals surface area contributed by atoms with Crippen LogP contribution in [0.15, 0.2) is 44.2 Å². The van der Waals surface area contributed by atoms with Gasteiger partial charge in [0.05, 0.1) is 11.8 Å². The van der Waals surface area contributed by atoms with Crippen molar-refractivity contribution in [3.05, 3.63) is 58.0 Å². The van der Waals surface area contributed by atoms with Gasteiger partial charge in [-0.05, 0) is 30.7 Å². The molecule has 5 nitrogen and oxygen atoms in total. The van der Waals surface area contributed by atoms with Crippen LogP contribution in [0.2, 0.25) is 0 Å². The van der Waals surface area contributed by atoms with Crippen molar-refractivity contribution < 1.29 is 13.9 Å². The summed E-state index contributed by atoms with van der Waals surface area (Å²) in [7, 11) is 0. The van der Waals surface area contributed by atoms with Crippen molar-refractivity contribution in [2.45, 2.75) is 13.0 Å². The van der Waals surface area contributed by atoms with Gasteiger partial charge in [0.2, 0.25) is 0 Å². The van der Waals surface area contributed by atoms with E-state index in [-0.39, 0.29) is 0 Å². The van der Waals surface area contributed by atoms with Crippen molar-refractivity contribution in [2.75, 3.05) is 0 Å². The predicted octanol–water partition coefficient (Wildman–Crippen LogP) is 2.10. The zero-order valence-electron chi connectivity index (χ0n) is 9.64. The molecule has 3 rings (SSSR count). The highest BCUT2D eigenvalue weighted by Crippen LogP contribution is 2.25. The van der Waals surface area contributed by atoms with Crippen molar-refractivity contribution in [3.8, 4) is 0 Å². The van der Waals surface area contributed by atoms with Gasteiger partial charge in [0, 0.05) is 5.56 Å². The molecule has 3 aromatic rings. The first-order valence-corrected chi connectivity index (χ1v) is 5.49. The van der Waals surface area contributed by atoms with E-state index in [0.717, 1.165) is 5.76 Å². The van der Waals surface area contributed by atoms with Gasteiger partial charge in [-0.3, -0.25) is 4.98 Å². The van der Waals surface area contributed by atoms with Crippen LogP contribution in [0.5, 0.6) is 0 Å². The summed E-state index contributed by atoms with van der Waals surface area (Å²) < 4.78 is 10.1. The van der Waals surface area contributed by atoms with Gasteiger partial charge in [-0.1, -0.05) is 6.07 Å². The number of aliphatic hydroxyl groups is 1. The largest absolute Gasteiger partial charge is 0.469 e. The van der Waals surface area contributed by atoms with Gasteiger partial charge in [-0.15, -0.1) is 0 Å². The van der Waals surface area contributed by atoms with Crippen LogP contribution in [0.3, 0.4) is 0 Å². The zero-order chi connectivity index (χ0) is 12.7. The summed E-state index contributed by atoms with van der Waals surface area (Å²) in [6, 6.07) is 6.84. The van der Waals surface area contributed by atoms with Crippen LogP contribution < -0.4 is 5.76 Å². The van der Waals surface area contributed by atoms with Crippen LogP contribution in [-0.2, 0) is 0 Å². The lowest BCUT2D eigenvalue weighted by Gasteiger charge is -2.07. The fourth-order valence-electron chi connectivity index (χ4n) is 1.93. The van der Waals surface area contributed by atoms with E-state index in [1.165, 1.54) is 6.26 Å². The molecule has 2 aromatic heterocycles. The minimum absolute atomic E-state index is 0.428. The Hall–Kier alpha value is -2.27. The molecular formula is C13H11NO4. The summed E-state index contributed by atoms with van der Waals surface area (Å²) in [6.45, 7) is 1.81. The Morgan fingerprint density at radius 1 is 1.28 bits per heavy atom. The molecule has 5 heteroatoms. The topological polar surface area (TPSA) is 79.4 Å². The summed E-state index contributed by atoms with van der Waals surface area (Å²) in [4.78, 5) is 13.6. The van der Waals surface area contributed by atoms with Gasteiger partial charge in [0.25, 0.3) is 0 Å². The van der Waals surface area contributed by atoms with Crippen molar-refractivity contribution in [1.82, 2.24) is 4.98 Å². The highest BCUT2D eigenvalue weighted by Gasteiger charge is 2.14. The van der Waals surface area contributed by atoms with Gasteiger partial charge in [0.1, 0.15) is 11.9 Å². The molecule has 0 spiro atoms. The van der Waals surface area contributed by atoms with E-state index in [1.807, 2.05) is 6.92 Å². The van der Waals surface area contributed by atoms with Crippen LogP contribution in [-0.4, -0.2) is 10.1 Å². The van der Waals surface area contributed by atoms with E-state index in [0.29, 0.717) is 22.2 Å². The molecule has 18 heavy (non-hydrogen) atoms. The molecule has 1 atom stereocenters. The van der Waals surface area contributed by atoms with Crippen LogP contribution in [0.4, 0.5) is 0 Å². The van der Waals surface area contributed by atoms with Gasteiger partial charge in [-0.25, -0.2) is 4.79 Å². The SMILES string of the molecule is Cc1cc(C(O)c2ccc3[nH]c(=O)oc3c2)co1. The number of aromatic amines is 1. The molecular weight excluding hydrogens is 234 g/mol. The number of aromatic nitrogens is 1. The number of rotatable bonds is 2. The summed E-state index contributed by atoms with van der Waals surface area (Å²) >= 11 is 0. The number of furan rings is 1. The van der Waals surface area contributed by atoms with Gasteiger partial charge in [0.15, 0.2) is 5.58 Å². The smallest absolute Gasteiger partial charge is 0.417 e. The standard InChI is InChI=1S/C13H11NO4/c1-7-4-9(6-17-7)12(15)8-2-3-10-11(5-8)18-13(16)14-10/h2-6,12,15H,1H3,(H,14,16). The summed E-state index contributed by atoms with van der Waals surface area (Å²) in [5.41, 5.74) is 2.35. The molecule has 0 aliphatic carbocycles. The summed E-state index contributed by atoms with van der Waals surface area (Å²) in [5, 5.41) is 10.2. The number of H-pyrrole nitrogens is 1. The Morgan fingerprint density at radius 2 is 2.11 bits per heavy atom. The molecule has 0 saturated heterocycles. The lowest BCUT2D eigenvalue weighted by atomic mass is 10.0. The van der Waals surface area contributed by atoms with E-state index >= 15 is 0 Å². The fraction of sp³-hybridized carbons (Fsp3) is 0.154. The number of hydrogen-bond donors (Lipinski definition) is 2. The normalized spacial score (nSPS) is 13.0. The summed E-state index contributed by atoms with van der Waals surface area (Å²) in [5.74, 6) is 0.231. The van der Waals surface area contributed by atoms with Gasteiger partial charge >= 0.3 is 5.76 Å². The second kappa shape index (κ2) is 3.89. The maximum Gasteiger partial charge on any atom is 0.417 e. The molecule has 0 radical (unpaired) electrons. The van der Waals surface area contributed by atoms with Crippen LogP contribution in [0.1, 0.15) is 23.0 Å². The first kappa shape index (κ1) is 10.9. The second-order valence-corrected chi connectivity index (χ2v) is 4.16. The van der Waals surface area contributed by atoms with Crippen molar-refractivity contribution in [2.24, 2.45) is 0 Å². The highest BCUT2D eigenvalue weighted by atomic mass is 16.4. The van der Waals surface area contributed by atoms with E-state index in [2.05, 4.69) is 4.98 Å². The lowest BCUT2D eigenvalue weighted by Crippen LogP contribution is -1.97. The van der Waals surface area contributed by atoms with Gasteiger partial charge in [-0.2, -0.15) is 0 Å². The molecule has 92 valence electrons. The molecule has 0 saturated carbocycles. The second-order valence-electron chi connectivity index (χ2n) is 4.16. The third kappa shape index (κ3) is 1.74. The zero-order valence-corrected chi connectivity index (χ0v) is 9.64. The molecule has 2 N–H and O–H groups in total. The minimum Gasteiger partial charge on any atom is -0.469 e. The number of aryl methyl sites for hydroxylation is 1. The molecule has 1 unspecified atom stereocenters. The molecule has 0 aliphatic rings. The number of hydrogen-bond acceptors (Lipinski definition) is 4. The minimum atomic E-state index is -0.799. The molecule has 0 fully saturated rings.